The third-order valence-electron chi connectivity index (χ3n) is 3.06. The maximum absolute atomic E-state index is 13.8. The largest absolute Gasteiger partial charge is 0.483 e. The van der Waals surface area contributed by atoms with Crippen LogP contribution in [0.25, 0.3) is 0 Å². The zero-order chi connectivity index (χ0) is 15.5. The van der Waals surface area contributed by atoms with Gasteiger partial charge in [0.05, 0.1) is 6.26 Å². The van der Waals surface area contributed by atoms with E-state index in [1.54, 1.807) is 31.4 Å². The van der Waals surface area contributed by atoms with Gasteiger partial charge in [-0.05, 0) is 45.4 Å². The molecule has 21 heavy (non-hydrogen) atoms. The van der Waals surface area contributed by atoms with E-state index in [4.69, 9.17) is 9.15 Å². The lowest BCUT2D eigenvalue weighted by atomic mass is 10.1. The Bertz CT molecular complexity index is 599. The van der Waals surface area contributed by atoms with Gasteiger partial charge in [-0.1, -0.05) is 12.1 Å². The molecule has 3 nitrogen and oxygen atoms in total. The Morgan fingerprint density at radius 3 is 2.76 bits per heavy atom. The maximum Gasteiger partial charge on any atom is 0.167 e. The lowest BCUT2D eigenvalue weighted by Crippen LogP contribution is -2.34. The standard InChI is InChI=1S/C17H22FNO2/c1-12-6-5-7-15(16(12)18)21-11-14-8-13(10-20-14)9-19-17(2,3)4/h5-8,10,19H,9,11H2,1-4H3. The number of benzene rings is 1. The van der Waals surface area contributed by atoms with Gasteiger partial charge in [-0.25, -0.2) is 4.39 Å². The fourth-order valence-electron chi connectivity index (χ4n) is 1.84. The minimum atomic E-state index is -0.321. The van der Waals surface area contributed by atoms with E-state index in [1.165, 1.54) is 0 Å². The van der Waals surface area contributed by atoms with Crippen molar-refractivity contribution in [3.8, 4) is 5.75 Å². The summed E-state index contributed by atoms with van der Waals surface area (Å²) >= 11 is 0. The number of hydrogen-bond donors (Lipinski definition) is 1. The summed E-state index contributed by atoms with van der Waals surface area (Å²) in [5.74, 6) is 0.612. The monoisotopic (exact) mass is 291 g/mol. The van der Waals surface area contributed by atoms with Gasteiger partial charge in [0.25, 0.3) is 0 Å². The van der Waals surface area contributed by atoms with Crippen molar-refractivity contribution in [2.45, 2.75) is 46.4 Å². The molecule has 0 amide bonds. The summed E-state index contributed by atoms with van der Waals surface area (Å²) in [6, 6.07) is 7.03. The van der Waals surface area contributed by atoms with Gasteiger partial charge in [-0.2, -0.15) is 0 Å². The van der Waals surface area contributed by atoms with Gasteiger partial charge < -0.3 is 14.5 Å². The Labute approximate surface area is 125 Å². The van der Waals surface area contributed by atoms with Crippen LogP contribution in [0.3, 0.4) is 0 Å². The van der Waals surface area contributed by atoms with Gasteiger partial charge in [0.15, 0.2) is 11.6 Å². The van der Waals surface area contributed by atoms with Gasteiger partial charge in [0.2, 0.25) is 0 Å². The van der Waals surface area contributed by atoms with E-state index in [9.17, 15) is 4.39 Å². The van der Waals surface area contributed by atoms with Crippen LogP contribution in [0, 0.1) is 12.7 Å². The first-order valence-corrected chi connectivity index (χ1v) is 7.04. The molecule has 2 rings (SSSR count). The molecule has 0 aliphatic rings. The number of aryl methyl sites for hydroxylation is 1. The molecule has 0 saturated carbocycles. The van der Waals surface area contributed by atoms with Gasteiger partial charge in [0.1, 0.15) is 12.4 Å². The molecule has 1 heterocycles. The third-order valence-corrected chi connectivity index (χ3v) is 3.06. The first-order valence-electron chi connectivity index (χ1n) is 7.04. The highest BCUT2D eigenvalue weighted by atomic mass is 19.1. The molecule has 0 aliphatic carbocycles. The van der Waals surface area contributed by atoms with Gasteiger partial charge in [-0.3, -0.25) is 0 Å². The van der Waals surface area contributed by atoms with Gasteiger partial charge in [-0.15, -0.1) is 0 Å². The molecule has 0 saturated heterocycles. The zero-order valence-electron chi connectivity index (χ0n) is 13.0. The molecule has 1 aromatic carbocycles. The third kappa shape index (κ3) is 4.60. The van der Waals surface area contributed by atoms with E-state index < -0.39 is 0 Å². The van der Waals surface area contributed by atoms with E-state index in [2.05, 4.69) is 26.1 Å². The van der Waals surface area contributed by atoms with Gasteiger partial charge in [0, 0.05) is 17.6 Å². The molecule has 0 aliphatic heterocycles. The second-order valence-electron chi connectivity index (χ2n) is 6.20. The molecule has 2 aromatic rings. The normalized spacial score (nSPS) is 11.7. The van der Waals surface area contributed by atoms with Crippen LogP contribution in [0.4, 0.5) is 4.39 Å². The SMILES string of the molecule is Cc1cccc(OCc2cc(CNC(C)(C)C)co2)c1F. The Hall–Kier alpha value is -1.81. The number of rotatable bonds is 5. The maximum atomic E-state index is 13.8. The molecule has 0 spiro atoms. The molecule has 4 heteroatoms. The molecule has 0 bridgehead atoms. The minimum absolute atomic E-state index is 0.0542. The van der Waals surface area contributed by atoms with E-state index in [0.717, 1.165) is 12.1 Å². The summed E-state index contributed by atoms with van der Waals surface area (Å²) in [5, 5.41) is 3.38. The summed E-state index contributed by atoms with van der Waals surface area (Å²) in [4.78, 5) is 0. The highest BCUT2D eigenvalue weighted by Crippen LogP contribution is 2.21. The van der Waals surface area contributed by atoms with Crippen LogP contribution in [-0.4, -0.2) is 5.54 Å². The van der Waals surface area contributed by atoms with Crippen molar-refractivity contribution in [1.82, 2.24) is 5.32 Å². The van der Waals surface area contributed by atoms with E-state index in [0.29, 0.717) is 11.3 Å². The molecule has 0 unspecified atom stereocenters. The molecule has 114 valence electrons. The highest BCUT2D eigenvalue weighted by Gasteiger charge is 2.11. The Balaban J connectivity index is 1.92. The van der Waals surface area contributed by atoms with Crippen molar-refractivity contribution >= 4 is 0 Å². The Kier molecular flexibility index (Phi) is 4.68. The summed E-state index contributed by atoms with van der Waals surface area (Å²) < 4.78 is 24.7. The average molecular weight is 291 g/mol. The van der Waals surface area contributed by atoms with Gasteiger partial charge >= 0.3 is 0 Å². The second kappa shape index (κ2) is 6.31. The number of nitrogens with one attached hydrogen (secondary N) is 1. The number of hydrogen-bond acceptors (Lipinski definition) is 3. The van der Waals surface area contributed by atoms with Crippen molar-refractivity contribution in [2.75, 3.05) is 0 Å². The van der Waals surface area contributed by atoms with Crippen molar-refractivity contribution in [1.29, 1.82) is 0 Å². The highest BCUT2D eigenvalue weighted by molar-refractivity contribution is 5.30. The molecule has 0 radical (unpaired) electrons. The number of furan rings is 1. The lowest BCUT2D eigenvalue weighted by Gasteiger charge is -2.19. The first kappa shape index (κ1) is 15.6. The zero-order valence-corrected chi connectivity index (χ0v) is 13.0. The van der Waals surface area contributed by atoms with E-state index in [1.807, 2.05) is 6.07 Å². The van der Waals surface area contributed by atoms with Crippen molar-refractivity contribution in [3.05, 3.63) is 53.2 Å². The van der Waals surface area contributed by atoms with Crippen LogP contribution in [0.2, 0.25) is 0 Å². The molecular formula is C17H22FNO2. The average Bonchev–Trinajstić information content (AvgIpc) is 2.85. The van der Waals surface area contributed by atoms with Crippen LogP contribution < -0.4 is 10.1 Å². The van der Waals surface area contributed by atoms with Crippen LogP contribution in [0.15, 0.2) is 34.9 Å². The van der Waals surface area contributed by atoms with Crippen molar-refractivity contribution in [3.63, 3.8) is 0 Å². The minimum Gasteiger partial charge on any atom is -0.483 e. The molecule has 0 fully saturated rings. The summed E-state index contributed by atoms with van der Waals surface area (Å²) in [6.45, 7) is 8.99. The second-order valence-corrected chi connectivity index (χ2v) is 6.20. The molecular weight excluding hydrogens is 269 g/mol. The van der Waals surface area contributed by atoms with Crippen molar-refractivity contribution in [2.24, 2.45) is 0 Å². The smallest absolute Gasteiger partial charge is 0.167 e. The van der Waals surface area contributed by atoms with Crippen LogP contribution in [-0.2, 0) is 13.2 Å². The predicted molar refractivity (Wildman–Crippen MR) is 80.8 cm³/mol. The van der Waals surface area contributed by atoms with E-state index in [-0.39, 0.29) is 23.7 Å². The Morgan fingerprint density at radius 2 is 2.05 bits per heavy atom. The van der Waals surface area contributed by atoms with E-state index >= 15 is 0 Å². The number of halogens is 1. The van der Waals surface area contributed by atoms with Crippen LogP contribution >= 0.6 is 0 Å². The molecule has 0 atom stereocenters. The first-order chi connectivity index (χ1) is 9.85. The quantitative estimate of drug-likeness (QED) is 0.896. The topological polar surface area (TPSA) is 34.4 Å². The van der Waals surface area contributed by atoms with Crippen molar-refractivity contribution < 1.29 is 13.5 Å². The van der Waals surface area contributed by atoms with Crippen LogP contribution in [0.1, 0.15) is 37.7 Å². The van der Waals surface area contributed by atoms with Crippen LogP contribution in [0.5, 0.6) is 5.75 Å². The summed E-state index contributed by atoms with van der Waals surface area (Å²) in [6.07, 6.45) is 1.70. The summed E-state index contributed by atoms with van der Waals surface area (Å²) in [5.41, 5.74) is 1.67. The Morgan fingerprint density at radius 1 is 1.29 bits per heavy atom. The number of ether oxygens (including phenoxy) is 1. The summed E-state index contributed by atoms with van der Waals surface area (Å²) in [7, 11) is 0. The predicted octanol–water partition coefficient (Wildman–Crippen LogP) is 4.19. The lowest BCUT2D eigenvalue weighted by molar-refractivity contribution is 0.258. The fourth-order valence-corrected chi connectivity index (χ4v) is 1.84. The fraction of sp³-hybridized carbons (Fsp3) is 0.412. The molecule has 1 aromatic heterocycles. The molecule has 1 N–H and O–H groups in total.